The van der Waals surface area contributed by atoms with Crippen LogP contribution in [-0.4, -0.2) is 58.2 Å². The fraction of sp³-hybridized carbons (Fsp3) is 0.469. The van der Waals surface area contributed by atoms with Crippen LogP contribution < -0.4 is 9.80 Å². The van der Waals surface area contributed by atoms with E-state index in [2.05, 4.69) is 4.98 Å². The highest BCUT2D eigenvalue weighted by atomic mass is 32.1. The SMILES string of the molecule is C[C@H]1OCCC[C@@H]1CC(CC(=O)O)C(=O)N(c1nc(-c2ccccc2-c2ccc(N3CCCC3=O)nc2)cs1)C1CC1. The van der Waals surface area contributed by atoms with Gasteiger partial charge in [-0.2, -0.15) is 0 Å². The highest BCUT2D eigenvalue weighted by Crippen LogP contribution is 2.40. The molecule has 42 heavy (non-hydrogen) atoms. The number of rotatable bonds is 10. The minimum Gasteiger partial charge on any atom is -0.481 e. The van der Waals surface area contributed by atoms with Crippen molar-refractivity contribution in [3.05, 3.63) is 48.0 Å². The van der Waals surface area contributed by atoms with Crippen LogP contribution in [0, 0.1) is 11.8 Å². The van der Waals surface area contributed by atoms with E-state index in [0.29, 0.717) is 36.9 Å². The van der Waals surface area contributed by atoms with Gasteiger partial charge in [0.2, 0.25) is 11.8 Å². The molecule has 2 aliphatic heterocycles. The first-order chi connectivity index (χ1) is 20.4. The maximum Gasteiger partial charge on any atom is 0.304 e. The van der Waals surface area contributed by atoms with Gasteiger partial charge in [0, 0.05) is 54.2 Å². The summed E-state index contributed by atoms with van der Waals surface area (Å²) in [6.45, 7) is 3.43. The van der Waals surface area contributed by atoms with Crippen molar-refractivity contribution in [2.24, 2.45) is 11.8 Å². The Morgan fingerprint density at radius 3 is 2.62 bits per heavy atom. The highest BCUT2D eigenvalue weighted by molar-refractivity contribution is 7.14. The molecular weight excluding hydrogens is 552 g/mol. The number of nitrogens with zero attached hydrogens (tertiary/aromatic N) is 4. The minimum atomic E-state index is -0.962. The average molecular weight is 589 g/mol. The van der Waals surface area contributed by atoms with E-state index >= 15 is 0 Å². The Balaban J connectivity index is 1.26. The molecule has 6 rings (SSSR count). The van der Waals surface area contributed by atoms with E-state index in [1.807, 2.05) is 48.7 Å². The van der Waals surface area contributed by atoms with Gasteiger partial charge in [0.15, 0.2) is 5.13 Å². The second-order valence-electron chi connectivity index (χ2n) is 11.6. The van der Waals surface area contributed by atoms with Crippen LogP contribution in [0.3, 0.4) is 0 Å². The molecule has 10 heteroatoms. The molecule has 3 aromatic rings. The van der Waals surface area contributed by atoms with E-state index < -0.39 is 11.9 Å². The zero-order chi connectivity index (χ0) is 29.2. The van der Waals surface area contributed by atoms with Crippen molar-refractivity contribution in [1.29, 1.82) is 0 Å². The molecule has 220 valence electrons. The molecule has 4 heterocycles. The topological polar surface area (TPSA) is 113 Å². The number of amides is 2. The fourth-order valence-corrected chi connectivity index (χ4v) is 7.06. The number of carboxylic acids is 1. The Kier molecular flexibility index (Phi) is 8.35. The van der Waals surface area contributed by atoms with Gasteiger partial charge in [0.1, 0.15) is 5.82 Å². The fourth-order valence-electron chi connectivity index (χ4n) is 6.15. The molecule has 1 unspecified atom stereocenters. The van der Waals surface area contributed by atoms with Gasteiger partial charge in [-0.25, -0.2) is 9.97 Å². The zero-order valence-corrected chi connectivity index (χ0v) is 24.6. The second-order valence-corrected chi connectivity index (χ2v) is 12.4. The van der Waals surface area contributed by atoms with E-state index in [1.165, 1.54) is 11.3 Å². The van der Waals surface area contributed by atoms with Gasteiger partial charge in [-0.05, 0) is 69.1 Å². The van der Waals surface area contributed by atoms with Gasteiger partial charge >= 0.3 is 5.97 Å². The number of aromatic nitrogens is 2. The number of carbonyl (C=O) groups excluding carboxylic acids is 2. The van der Waals surface area contributed by atoms with Gasteiger partial charge in [0.25, 0.3) is 0 Å². The van der Waals surface area contributed by atoms with Crippen molar-refractivity contribution in [2.45, 2.75) is 70.4 Å². The van der Waals surface area contributed by atoms with E-state index in [4.69, 9.17) is 9.72 Å². The van der Waals surface area contributed by atoms with Gasteiger partial charge in [0.05, 0.1) is 18.2 Å². The van der Waals surface area contributed by atoms with Gasteiger partial charge in [-0.3, -0.25) is 24.2 Å². The first-order valence-electron chi connectivity index (χ1n) is 14.9. The van der Waals surface area contributed by atoms with Crippen LogP contribution in [-0.2, 0) is 19.1 Å². The van der Waals surface area contributed by atoms with Crippen LogP contribution in [0.15, 0.2) is 48.0 Å². The molecule has 2 saturated heterocycles. The maximum atomic E-state index is 14.0. The van der Waals surface area contributed by atoms with E-state index in [9.17, 15) is 19.5 Å². The molecule has 1 N–H and O–H groups in total. The first kappa shape index (κ1) is 28.5. The second kappa shape index (κ2) is 12.3. The molecule has 0 radical (unpaired) electrons. The quantitative estimate of drug-likeness (QED) is 0.319. The summed E-state index contributed by atoms with van der Waals surface area (Å²) in [6.07, 6.45) is 7.16. The summed E-state index contributed by atoms with van der Waals surface area (Å²) in [5.74, 6) is -0.801. The Morgan fingerprint density at radius 1 is 1.14 bits per heavy atom. The number of pyridine rings is 1. The molecular formula is C32H36N4O5S. The van der Waals surface area contributed by atoms with Crippen LogP contribution in [0.4, 0.5) is 10.9 Å². The Hall–Kier alpha value is -3.63. The lowest BCUT2D eigenvalue weighted by atomic mass is 9.84. The molecule has 2 amide bonds. The molecule has 0 bridgehead atoms. The lowest BCUT2D eigenvalue weighted by Crippen LogP contribution is -2.41. The first-order valence-corrected chi connectivity index (χ1v) is 15.7. The van der Waals surface area contributed by atoms with Crippen molar-refractivity contribution in [3.8, 4) is 22.4 Å². The summed E-state index contributed by atoms with van der Waals surface area (Å²) in [4.78, 5) is 51.0. The van der Waals surface area contributed by atoms with Crippen LogP contribution in [0.5, 0.6) is 0 Å². The maximum absolute atomic E-state index is 14.0. The van der Waals surface area contributed by atoms with Crippen LogP contribution in [0.25, 0.3) is 22.4 Å². The summed E-state index contributed by atoms with van der Waals surface area (Å²) >= 11 is 1.42. The highest BCUT2D eigenvalue weighted by Gasteiger charge is 2.40. The Morgan fingerprint density at radius 2 is 1.95 bits per heavy atom. The summed E-state index contributed by atoms with van der Waals surface area (Å²) in [7, 11) is 0. The van der Waals surface area contributed by atoms with Crippen molar-refractivity contribution in [3.63, 3.8) is 0 Å². The molecule has 9 nitrogen and oxygen atoms in total. The number of hydrogen-bond donors (Lipinski definition) is 1. The van der Waals surface area contributed by atoms with Crippen molar-refractivity contribution >= 4 is 40.1 Å². The molecule has 3 fully saturated rings. The molecule has 3 atom stereocenters. The molecule has 2 aromatic heterocycles. The molecule has 1 saturated carbocycles. The number of ether oxygens (including phenoxy) is 1. The van der Waals surface area contributed by atoms with E-state index in [1.54, 1.807) is 16.0 Å². The number of carbonyl (C=O) groups is 3. The molecule has 1 aromatic carbocycles. The lowest BCUT2D eigenvalue weighted by Gasteiger charge is -2.32. The third-order valence-electron chi connectivity index (χ3n) is 8.58. The van der Waals surface area contributed by atoms with Gasteiger partial charge in [-0.1, -0.05) is 24.3 Å². The smallest absolute Gasteiger partial charge is 0.304 e. The lowest BCUT2D eigenvalue weighted by molar-refractivity contribution is -0.141. The monoisotopic (exact) mass is 588 g/mol. The molecule has 0 spiro atoms. The van der Waals surface area contributed by atoms with Crippen LogP contribution >= 0.6 is 11.3 Å². The number of anilines is 2. The summed E-state index contributed by atoms with van der Waals surface area (Å²) in [5.41, 5.74) is 3.55. The van der Waals surface area contributed by atoms with Gasteiger partial charge in [-0.15, -0.1) is 11.3 Å². The molecule has 3 aliphatic rings. The molecule has 1 aliphatic carbocycles. The van der Waals surface area contributed by atoms with Crippen LogP contribution in [0.2, 0.25) is 0 Å². The Labute approximate surface area is 249 Å². The third-order valence-corrected chi connectivity index (χ3v) is 9.42. The van der Waals surface area contributed by atoms with Crippen molar-refractivity contribution in [2.75, 3.05) is 23.0 Å². The standard InChI is InChI=1S/C32H36N4O5S/c1-20-21(6-5-15-41-20)16-23(17-30(38)39)31(40)36(24-11-12-24)32-34-27(19-42-32)26-8-3-2-7-25(26)22-10-13-28(33-18-22)35-14-4-9-29(35)37/h2-3,7-8,10,13,18-21,23-24H,4-6,9,11-12,14-17H2,1H3,(H,38,39)/t20-,21-,23?/m1/s1. The number of hydrogen-bond acceptors (Lipinski definition) is 7. The minimum absolute atomic E-state index is 0.0135. The third kappa shape index (κ3) is 6.10. The number of aliphatic carboxylic acids is 1. The predicted octanol–water partition coefficient (Wildman–Crippen LogP) is 5.79. The predicted molar refractivity (Wildman–Crippen MR) is 161 cm³/mol. The zero-order valence-electron chi connectivity index (χ0n) is 23.8. The van der Waals surface area contributed by atoms with Crippen molar-refractivity contribution < 1.29 is 24.2 Å². The Bertz CT molecular complexity index is 1450. The number of benzene rings is 1. The number of carboxylic acid groups (broad SMARTS) is 1. The van der Waals surface area contributed by atoms with E-state index in [-0.39, 0.29) is 36.3 Å². The average Bonchev–Trinajstić information content (AvgIpc) is 3.54. The summed E-state index contributed by atoms with van der Waals surface area (Å²) in [5, 5.41) is 12.2. The van der Waals surface area contributed by atoms with Gasteiger partial charge < -0.3 is 9.84 Å². The summed E-state index contributed by atoms with van der Waals surface area (Å²) in [6, 6.07) is 11.9. The normalized spacial score (nSPS) is 21.4. The number of thiazole rings is 1. The van der Waals surface area contributed by atoms with Crippen LogP contribution in [0.1, 0.15) is 58.3 Å². The van der Waals surface area contributed by atoms with Crippen molar-refractivity contribution in [1.82, 2.24) is 9.97 Å². The largest absolute Gasteiger partial charge is 0.481 e. The van der Waals surface area contributed by atoms with E-state index in [0.717, 1.165) is 54.5 Å². The summed E-state index contributed by atoms with van der Waals surface area (Å²) < 4.78 is 5.81.